The van der Waals surface area contributed by atoms with Gasteiger partial charge >= 0.3 is 12.2 Å². The molecule has 1 saturated heterocycles. The van der Waals surface area contributed by atoms with Crippen LogP contribution in [0.5, 0.6) is 0 Å². The molecular formula is C23H20F5N5O2. The van der Waals surface area contributed by atoms with Gasteiger partial charge in [0, 0.05) is 31.1 Å². The molecule has 1 aliphatic heterocycles. The minimum Gasteiger partial charge on any atom is -0.423 e. The van der Waals surface area contributed by atoms with Crippen molar-refractivity contribution in [3.8, 4) is 11.1 Å². The minimum absolute atomic E-state index is 0.171. The third-order valence-electron chi connectivity index (χ3n) is 6.57. The Labute approximate surface area is 196 Å². The minimum atomic E-state index is -4.92. The molecule has 0 spiro atoms. The first kappa shape index (κ1) is 23.2. The second-order valence-electron chi connectivity index (χ2n) is 9.13. The first-order valence-electron chi connectivity index (χ1n) is 10.9. The van der Waals surface area contributed by atoms with Gasteiger partial charge < -0.3 is 14.6 Å². The Morgan fingerprint density at radius 3 is 2.60 bits per heavy atom. The van der Waals surface area contributed by atoms with Crippen molar-refractivity contribution < 1.29 is 31.2 Å². The van der Waals surface area contributed by atoms with Gasteiger partial charge in [0.05, 0.1) is 17.4 Å². The average molecular weight is 493 g/mol. The molecule has 2 bridgehead atoms. The Bertz CT molecular complexity index is 1310. The zero-order chi connectivity index (χ0) is 25.1. The molecule has 0 unspecified atom stereocenters. The first-order chi connectivity index (χ1) is 16.5. The molecule has 12 heteroatoms. The van der Waals surface area contributed by atoms with Crippen LogP contribution in [-0.4, -0.2) is 32.2 Å². The van der Waals surface area contributed by atoms with Crippen LogP contribution in [0.3, 0.4) is 0 Å². The third kappa shape index (κ3) is 3.90. The highest BCUT2D eigenvalue weighted by molar-refractivity contribution is 5.92. The highest BCUT2D eigenvalue weighted by Gasteiger charge is 2.62. The van der Waals surface area contributed by atoms with E-state index in [0.717, 1.165) is 24.5 Å². The van der Waals surface area contributed by atoms with E-state index in [1.807, 2.05) is 6.92 Å². The Kier molecular flexibility index (Phi) is 5.29. The van der Waals surface area contributed by atoms with E-state index in [4.69, 9.17) is 4.42 Å². The van der Waals surface area contributed by atoms with E-state index in [2.05, 4.69) is 20.5 Å². The van der Waals surface area contributed by atoms with Crippen molar-refractivity contribution in [1.29, 1.82) is 0 Å². The summed E-state index contributed by atoms with van der Waals surface area (Å²) in [6.45, 7) is 3.66. The molecule has 7 nitrogen and oxygen atoms in total. The Morgan fingerprint density at radius 2 is 1.94 bits per heavy atom. The number of urea groups is 1. The maximum atomic E-state index is 14.8. The number of piperidine rings is 1. The van der Waals surface area contributed by atoms with E-state index in [1.54, 1.807) is 6.92 Å². The zero-order valence-corrected chi connectivity index (χ0v) is 18.7. The number of aryl methyl sites for hydroxylation is 1. The average Bonchev–Trinajstić information content (AvgIpc) is 3.20. The van der Waals surface area contributed by atoms with Gasteiger partial charge in [-0.2, -0.15) is 13.2 Å². The topological polar surface area (TPSA) is 84.2 Å². The number of amides is 2. The molecule has 3 atom stereocenters. The van der Waals surface area contributed by atoms with Gasteiger partial charge in [0.15, 0.2) is 0 Å². The van der Waals surface area contributed by atoms with Crippen LogP contribution < -0.4 is 5.32 Å². The van der Waals surface area contributed by atoms with Crippen LogP contribution in [0.4, 0.5) is 32.4 Å². The molecule has 1 N–H and O–H groups in total. The summed E-state index contributed by atoms with van der Waals surface area (Å²) in [4.78, 5) is 18.4. The maximum Gasteiger partial charge on any atom is 0.417 e. The number of hydrogen-bond acceptors (Lipinski definition) is 5. The van der Waals surface area contributed by atoms with Gasteiger partial charge in [-0.3, -0.25) is 4.98 Å². The smallest absolute Gasteiger partial charge is 0.417 e. The standard InChI is InChI=1S/C23H20F5N5O2/c1-11-3-15-8-22(7-11,20-32-31-12(2)35-20)33(15)21(34)30-19-5-16(13-4-14(24)10-29-9-13)17(6-18(19)25)23(26,27)28/h4-6,9-11,15H,3,7-8H2,1-2H3,(H,30,34)/t11-,15-,22+/m0/s1. The molecule has 2 amide bonds. The van der Waals surface area contributed by atoms with Crippen molar-refractivity contribution in [3.63, 3.8) is 0 Å². The quantitative estimate of drug-likeness (QED) is 0.476. The van der Waals surface area contributed by atoms with Crippen LogP contribution in [0.25, 0.3) is 11.1 Å². The number of fused-ring (bicyclic) bond motifs is 2. The Morgan fingerprint density at radius 1 is 1.17 bits per heavy atom. The van der Waals surface area contributed by atoms with Crippen LogP contribution in [0.15, 0.2) is 35.0 Å². The Balaban J connectivity index is 1.51. The van der Waals surface area contributed by atoms with Gasteiger partial charge in [-0.25, -0.2) is 13.6 Å². The number of halogens is 5. The van der Waals surface area contributed by atoms with Crippen molar-refractivity contribution in [3.05, 3.63) is 59.6 Å². The molecule has 2 fully saturated rings. The van der Waals surface area contributed by atoms with E-state index < -0.39 is 46.2 Å². The molecule has 1 aliphatic carbocycles. The number of aromatic nitrogens is 3. The highest BCUT2D eigenvalue weighted by atomic mass is 19.4. The summed E-state index contributed by atoms with van der Waals surface area (Å²) in [5, 5.41) is 10.3. The van der Waals surface area contributed by atoms with Crippen LogP contribution >= 0.6 is 0 Å². The van der Waals surface area contributed by atoms with Crippen LogP contribution in [0.1, 0.15) is 43.5 Å². The fourth-order valence-corrected chi connectivity index (χ4v) is 5.31. The summed E-state index contributed by atoms with van der Waals surface area (Å²) in [6, 6.07) is 1.11. The van der Waals surface area contributed by atoms with E-state index in [-0.39, 0.29) is 29.5 Å². The maximum absolute atomic E-state index is 14.8. The Hall–Kier alpha value is -3.57. The number of anilines is 1. The van der Waals surface area contributed by atoms with Crippen molar-refractivity contribution in [1.82, 2.24) is 20.1 Å². The van der Waals surface area contributed by atoms with Crippen molar-refractivity contribution in [2.75, 3.05) is 5.32 Å². The van der Waals surface area contributed by atoms with Crippen molar-refractivity contribution in [2.24, 2.45) is 5.92 Å². The van der Waals surface area contributed by atoms with Gasteiger partial charge in [0.25, 0.3) is 0 Å². The second-order valence-corrected chi connectivity index (χ2v) is 9.13. The number of rotatable bonds is 3. The monoisotopic (exact) mass is 493 g/mol. The first-order valence-corrected chi connectivity index (χ1v) is 10.9. The molecule has 2 aliphatic rings. The van der Waals surface area contributed by atoms with Gasteiger partial charge in [0.2, 0.25) is 11.8 Å². The molecule has 0 radical (unpaired) electrons. The number of likely N-dealkylation sites (tertiary alicyclic amines) is 1. The predicted octanol–water partition coefficient (Wildman–Crippen LogP) is 5.67. The fraction of sp³-hybridized carbons (Fsp3) is 0.391. The molecule has 1 saturated carbocycles. The molecule has 35 heavy (non-hydrogen) atoms. The number of carbonyl (C=O) groups is 1. The summed E-state index contributed by atoms with van der Waals surface area (Å²) >= 11 is 0. The summed E-state index contributed by atoms with van der Waals surface area (Å²) in [7, 11) is 0. The van der Waals surface area contributed by atoms with Crippen LogP contribution in [0.2, 0.25) is 0 Å². The van der Waals surface area contributed by atoms with Crippen molar-refractivity contribution in [2.45, 2.75) is 50.9 Å². The van der Waals surface area contributed by atoms with Gasteiger partial charge in [-0.15, -0.1) is 10.2 Å². The van der Waals surface area contributed by atoms with Gasteiger partial charge in [-0.05, 0) is 42.5 Å². The van der Waals surface area contributed by atoms with Crippen molar-refractivity contribution >= 4 is 11.7 Å². The van der Waals surface area contributed by atoms with Gasteiger partial charge in [-0.1, -0.05) is 6.92 Å². The lowest BCUT2D eigenvalue weighted by Gasteiger charge is -2.61. The van der Waals surface area contributed by atoms with Gasteiger partial charge in [0.1, 0.15) is 17.2 Å². The number of pyridine rings is 1. The fourth-order valence-electron chi connectivity index (χ4n) is 5.31. The third-order valence-corrected chi connectivity index (χ3v) is 6.57. The predicted molar refractivity (Wildman–Crippen MR) is 113 cm³/mol. The number of alkyl halides is 3. The molecular weight excluding hydrogens is 473 g/mol. The summed E-state index contributed by atoms with van der Waals surface area (Å²) in [6.07, 6.45) is -1.21. The van der Waals surface area contributed by atoms with E-state index in [0.29, 0.717) is 25.2 Å². The molecule has 2 aromatic heterocycles. The number of hydrogen-bond donors (Lipinski definition) is 1. The highest BCUT2D eigenvalue weighted by Crippen LogP contribution is 2.55. The number of nitrogens with one attached hydrogen (secondary N) is 1. The number of carbonyl (C=O) groups excluding carboxylic acids is 1. The van der Waals surface area contributed by atoms with E-state index >= 15 is 0 Å². The second kappa shape index (κ2) is 7.99. The van der Waals surface area contributed by atoms with E-state index in [1.165, 1.54) is 4.90 Å². The lowest BCUT2D eigenvalue weighted by atomic mass is 9.64. The lowest BCUT2D eigenvalue weighted by Crippen LogP contribution is -2.70. The molecule has 1 aromatic carbocycles. The lowest BCUT2D eigenvalue weighted by molar-refractivity contribution is -0.137. The number of nitrogens with zero attached hydrogens (tertiary/aromatic N) is 4. The molecule has 184 valence electrons. The summed E-state index contributed by atoms with van der Waals surface area (Å²) in [5.74, 6) is -1.27. The molecule has 5 rings (SSSR count). The molecule has 3 heterocycles. The summed E-state index contributed by atoms with van der Waals surface area (Å²) < 4.78 is 75.0. The van der Waals surface area contributed by atoms with Crippen LogP contribution in [-0.2, 0) is 11.7 Å². The summed E-state index contributed by atoms with van der Waals surface area (Å²) in [5.41, 5.74) is -3.38. The number of benzene rings is 1. The molecule has 3 aromatic rings. The van der Waals surface area contributed by atoms with E-state index in [9.17, 15) is 26.7 Å². The zero-order valence-electron chi connectivity index (χ0n) is 18.7. The normalized spacial score (nSPS) is 23.7. The largest absolute Gasteiger partial charge is 0.423 e. The SMILES string of the molecule is Cc1nnc([C@@]23C[C@@H](C)C[C@@H](C2)N3C(=O)Nc2cc(-c3cncc(F)c3)c(C(F)(F)F)cc2F)o1. The van der Waals surface area contributed by atoms with Crippen LogP contribution in [0, 0.1) is 24.5 Å².